The second-order valence-electron chi connectivity index (χ2n) is 5.04. The van der Waals surface area contributed by atoms with Crippen LogP contribution in [0, 0.1) is 6.92 Å². The Bertz CT molecular complexity index is 677. The average molecular weight is 265 g/mol. The molecule has 1 aliphatic heterocycles. The summed E-state index contributed by atoms with van der Waals surface area (Å²) in [5, 5.41) is 0. The van der Waals surface area contributed by atoms with E-state index in [0.717, 1.165) is 23.2 Å². The molecule has 0 saturated carbocycles. The van der Waals surface area contributed by atoms with E-state index in [1.165, 1.54) is 0 Å². The van der Waals surface area contributed by atoms with Crippen LogP contribution in [0.3, 0.4) is 0 Å². The Morgan fingerprint density at radius 3 is 2.50 bits per heavy atom. The zero-order valence-corrected chi connectivity index (χ0v) is 11.3. The van der Waals surface area contributed by atoms with Crippen LogP contribution < -0.4 is 4.90 Å². The van der Waals surface area contributed by atoms with Gasteiger partial charge in [0.1, 0.15) is 0 Å². The number of nitrogens with zero attached hydrogens (tertiary/aromatic N) is 1. The summed E-state index contributed by atoms with van der Waals surface area (Å²) in [6.07, 6.45) is 0.743. The van der Waals surface area contributed by atoms with Crippen molar-refractivity contribution in [2.45, 2.75) is 13.3 Å². The maximum atomic E-state index is 12.1. The summed E-state index contributed by atoms with van der Waals surface area (Å²) in [4.78, 5) is 25.6. The van der Waals surface area contributed by atoms with E-state index in [9.17, 15) is 9.59 Å². The van der Waals surface area contributed by atoms with Gasteiger partial charge in [0.2, 0.25) is 0 Å². The molecule has 0 unspecified atom stereocenters. The summed E-state index contributed by atoms with van der Waals surface area (Å²) in [6, 6.07) is 15.5. The number of aryl methyl sites for hydroxylation is 1. The second kappa shape index (κ2) is 4.93. The summed E-state index contributed by atoms with van der Waals surface area (Å²) in [7, 11) is 0. The first-order chi connectivity index (χ1) is 9.66. The van der Waals surface area contributed by atoms with Crippen molar-refractivity contribution in [2.24, 2.45) is 0 Å². The molecule has 0 atom stereocenters. The highest BCUT2D eigenvalue weighted by Crippen LogP contribution is 2.29. The van der Waals surface area contributed by atoms with Gasteiger partial charge in [0.25, 0.3) is 11.7 Å². The molecule has 0 aliphatic carbocycles. The molecular weight excluding hydrogens is 250 g/mol. The first-order valence-electron chi connectivity index (χ1n) is 6.67. The molecule has 0 N–H and O–H groups in total. The van der Waals surface area contributed by atoms with E-state index in [1.807, 2.05) is 49.4 Å². The fraction of sp³-hybridized carbons (Fsp3) is 0.176. The Morgan fingerprint density at radius 1 is 1.00 bits per heavy atom. The minimum absolute atomic E-state index is 0.392. The molecule has 0 fully saturated rings. The largest absolute Gasteiger partial charge is 0.304 e. The van der Waals surface area contributed by atoms with Gasteiger partial charge in [-0.2, -0.15) is 0 Å². The number of ketones is 1. The van der Waals surface area contributed by atoms with Gasteiger partial charge in [-0.3, -0.25) is 9.59 Å². The normalized spacial score (nSPS) is 13.8. The number of amides is 1. The first-order valence-corrected chi connectivity index (χ1v) is 6.67. The number of carbonyl (C=O) groups excluding carboxylic acids is 2. The summed E-state index contributed by atoms with van der Waals surface area (Å²) in [5.74, 6) is -0.807. The Morgan fingerprint density at radius 2 is 1.75 bits per heavy atom. The number of hydrogen-bond donors (Lipinski definition) is 0. The van der Waals surface area contributed by atoms with Crippen LogP contribution in [0.15, 0.2) is 48.5 Å². The number of Topliss-reactive ketones (excluding diaryl/α,β-unsaturated/α-hetero) is 1. The summed E-state index contributed by atoms with van der Waals surface area (Å²) >= 11 is 0. The van der Waals surface area contributed by atoms with Crippen molar-refractivity contribution >= 4 is 17.4 Å². The monoisotopic (exact) mass is 265 g/mol. The summed E-state index contributed by atoms with van der Waals surface area (Å²) in [5.41, 5.74) is 3.42. The molecule has 1 aliphatic rings. The third-order valence-electron chi connectivity index (χ3n) is 3.59. The Hall–Kier alpha value is -2.42. The third kappa shape index (κ3) is 2.11. The molecule has 1 amide bonds. The van der Waals surface area contributed by atoms with Crippen molar-refractivity contribution in [1.29, 1.82) is 0 Å². The quantitative estimate of drug-likeness (QED) is 0.800. The average Bonchev–Trinajstić information content (AvgIpc) is 2.70. The molecule has 1 heterocycles. The Labute approximate surface area is 117 Å². The van der Waals surface area contributed by atoms with Crippen LogP contribution in [0.2, 0.25) is 0 Å². The van der Waals surface area contributed by atoms with Crippen molar-refractivity contribution in [2.75, 3.05) is 11.4 Å². The van der Waals surface area contributed by atoms with Crippen LogP contribution in [-0.4, -0.2) is 18.2 Å². The van der Waals surface area contributed by atoms with Gasteiger partial charge in [-0.15, -0.1) is 0 Å². The molecule has 100 valence electrons. The Balaban J connectivity index is 1.84. The number of fused-ring (bicyclic) bond motifs is 1. The van der Waals surface area contributed by atoms with Crippen molar-refractivity contribution in [3.05, 3.63) is 65.2 Å². The molecule has 0 aromatic heterocycles. The van der Waals surface area contributed by atoms with E-state index in [0.29, 0.717) is 12.1 Å². The third-order valence-corrected chi connectivity index (χ3v) is 3.59. The van der Waals surface area contributed by atoms with Gasteiger partial charge in [0.15, 0.2) is 0 Å². The number of anilines is 1. The predicted molar refractivity (Wildman–Crippen MR) is 78.0 cm³/mol. The molecule has 0 spiro atoms. The molecule has 2 aromatic rings. The molecule has 3 rings (SSSR count). The smallest absolute Gasteiger partial charge is 0.299 e. The van der Waals surface area contributed by atoms with Crippen molar-refractivity contribution in [3.8, 4) is 0 Å². The molecule has 2 aromatic carbocycles. The predicted octanol–water partition coefficient (Wildman–Crippen LogP) is 2.77. The summed E-state index contributed by atoms with van der Waals surface area (Å²) < 4.78 is 0. The highest BCUT2D eigenvalue weighted by atomic mass is 16.2. The van der Waals surface area contributed by atoms with E-state index in [4.69, 9.17) is 0 Å². The molecule has 0 saturated heterocycles. The first kappa shape index (κ1) is 12.6. The fourth-order valence-electron chi connectivity index (χ4n) is 2.52. The maximum Gasteiger partial charge on any atom is 0.299 e. The van der Waals surface area contributed by atoms with Crippen LogP contribution in [-0.2, 0) is 11.2 Å². The number of hydrogen-bond acceptors (Lipinski definition) is 2. The lowest BCUT2D eigenvalue weighted by atomic mass is 10.1. The van der Waals surface area contributed by atoms with E-state index in [2.05, 4.69) is 0 Å². The fourth-order valence-corrected chi connectivity index (χ4v) is 2.52. The van der Waals surface area contributed by atoms with Gasteiger partial charge in [0.05, 0.1) is 11.3 Å². The maximum absolute atomic E-state index is 12.1. The van der Waals surface area contributed by atoms with E-state index < -0.39 is 11.7 Å². The molecule has 3 heteroatoms. The standard InChI is InChI=1S/C17H15NO2/c1-12-7-8-15-14(11-12)16(19)17(20)18(15)10-9-13-5-3-2-4-6-13/h2-8,11H,9-10H2,1H3. The lowest BCUT2D eigenvalue weighted by Crippen LogP contribution is -2.31. The molecule has 0 radical (unpaired) electrons. The molecule has 0 bridgehead atoms. The van der Waals surface area contributed by atoms with Crippen molar-refractivity contribution in [3.63, 3.8) is 0 Å². The van der Waals surface area contributed by atoms with Crippen molar-refractivity contribution < 1.29 is 9.59 Å². The van der Waals surface area contributed by atoms with Gasteiger partial charge >= 0.3 is 0 Å². The van der Waals surface area contributed by atoms with Gasteiger partial charge in [-0.1, -0.05) is 42.0 Å². The van der Waals surface area contributed by atoms with Crippen LogP contribution in [0.1, 0.15) is 21.5 Å². The van der Waals surface area contributed by atoms with Gasteiger partial charge in [-0.25, -0.2) is 0 Å². The number of carbonyl (C=O) groups is 2. The molecular formula is C17H15NO2. The van der Waals surface area contributed by atoms with Crippen LogP contribution in [0.5, 0.6) is 0 Å². The van der Waals surface area contributed by atoms with Crippen LogP contribution in [0.25, 0.3) is 0 Å². The lowest BCUT2D eigenvalue weighted by Gasteiger charge is -2.16. The second-order valence-corrected chi connectivity index (χ2v) is 5.04. The van der Waals surface area contributed by atoms with Crippen LogP contribution in [0.4, 0.5) is 5.69 Å². The molecule has 3 nitrogen and oxygen atoms in total. The number of rotatable bonds is 3. The van der Waals surface area contributed by atoms with Gasteiger partial charge in [-0.05, 0) is 31.0 Å². The SMILES string of the molecule is Cc1ccc2c(c1)C(=O)C(=O)N2CCc1ccccc1. The highest BCUT2D eigenvalue weighted by Gasteiger charge is 2.35. The highest BCUT2D eigenvalue weighted by molar-refractivity contribution is 6.52. The van der Waals surface area contributed by atoms with Gasteiger partial charge < -0.3 is 4.90 Å². The zero-order chi connectivity index (χ0) is 14.1. The van der Waals surface area contributed by atoms with E-state index in [-0.39, 0.29) is 0 Å². The number of benzene rings is 2. The van der Waals surface area contributed by atoms with E-state index >= 15 is 0 Å². The van der Waals surface area contributed by atoms with Gasteiger partial charge in [0, 0.05) is 6.54 Å². The van der Waals surface area contributed by atoms with E-state index in [1.54, 1.807) is 11.0 Å². The Kier molecular flexibility index (Phi) is 3.11. The summed E-state index contributed by atoms with van der Waals surface area (Å²) in [6.45, 7) is 2.45. The van der Waals surface area contributed by atoms with Crippen molar-refractivity contribution in [1.82, 2.24) is 0 Å². The lowest BCUT2D eigenvalue weighted by molar-refractivity contribution is -0.114. The zero-order valence-electron chi connectivity index (χ0n) is 11.3. The topological polar surface area (TPSA) is 37.4 Å². The molecule has 20 heavy (non-hydrogen) atoms. The minimum atomic E-state index is -0.415. The van der Waals surface area contributed by atoms with Crippen LogP contribution >= 0.6 is 0 Å². The minimum Gasteiger partial charge on any atom is -0.304 e.